The van der Waals surface area contributed by atoms with Crippen LogP contribution in [0, 0.1) is 11.6 Å². The highest BCUT2D eigenvalue weighted by Crippen LogP contribution is 2.30. The Kier molecular flexibility index (Phi) is 4.77. The number of halogens is 2. The summed E-state index contributed by atoms with van der Waals surface area (Å²) < 4.78 is 34.7. The minimum Gasteiger partial charge on any atom is -0.493 e. The number of anilines is 1. The second-order valence-electron chi connectivity index (χ2n) is 6.39. The number of rotatable bonds is 5. The van der Waals surface area contributed by atoms with Crippen LogP contribution >= 0.6 is 0 Å². The molecule has 0 saturated carbocycles. The molecule has 1 aromatic carbocycles. The van der Waals surface area contributed by atoms with Gasteiger partial charge in [0.05, 0.1) is 18.4 Å². The zero-order valence-electron chi connectivity index (χ0n) is 15.2. The minimum atomic E-state index is -0.530. The Hall–Kier alpha value is -3.29. The van der Waals surface area contributed by atoms with Gasteiger partial charge in [0.2, 0.25) is 5.95 Å². The second-order valence-corrected chi connectivity index (χ2v) is 6.39. The normalized spacial score (nSPS) is 12.5. The van der Waals surface area contributed by atoms with E-state index in [9.17, 15) is 13.6 Å². The van der Waals surface area contributed by atoms with Crippen molar-refractivity contribution in [1.82, 2.24) is 14.5 Å². The fourth-order valence-electron chi connectivity index (χ4n) is 3.36. The van der Waals surface area contributed by atoms with E-state index in [1.807, 2.05) is 0 Å². The monoisotopic (exact) mass is 384 g/mol. The van der Waals surface area contributed by atoms with Crippen molar-refractivity contribution in [2.45, 2.75) is 26.4 Å². The Morgan fingerprint density at radius 1 is 1.25 bits per heavy atom. The highest BCUT2D eigenvalue weighted by Gasteiger charge is 2.20. The van der Waals surface area contributed by atoms with Crippen LogP contribution in [0.4, 0.5) is 14.7 Å². The number of nitrogens with zero attached hydrogens (tertiary/aromatic N) is 3. The van der Waals surface area contributed by atoms with Gasteiger partial charge in [0.15, 0.2) is 0 Å². The van der Waals surface area contributed by atoms with Crippen LogP contribution in [0.5, 0.6) is 5.75 Å². The van der Waals surface area contributed by atoms with Gasteiger partial charge < -0.3 is 10.1 Å². The molecule has 4 rings (SSSR count). The second kappa shape index (κ2) is 7.38. The fourth-order valence-corrected chi connectivity index (χ4v) is 3.36. The summed E-state index contributed by atoms with van der Waals surface area (Å²) in [6, 6.07) is 4.24. The molecule has 8 heteroatoms. The SMILES string of the molecule is CCn1c(NCc2c(F)ccc3c2CCO3)ncc(-c2cncc(F)c2)c1=O. The van der Waals surface area contributed by atoms with Crippen molar-refractivity contribution in [3.8, 4) is 16.9 Å². The third kappa shape index (κ3) is 3.21. The number of hydrogen-bond donors (Lipinski definition) is 1. The largest absolute Gasteiger partial charge is 0.493 e. The maximum atomic E-state index is 14.3. The van der Waals surface area contributed by atoms with Crippen molar-refractivity contribution in [3.63, 3.8) is 0 Å². The van der Waals surface area contributed by atoms with Gasteiger partial charge in [-0.3, -0.25) is 14.3 Å². The van der Waals surface area contributed by atoms with Crippen molar-refractivity contribution in [2.75, 3.05) is 11.9 Å². The number of aromatic nitrogens is 3. The Morgan fingerprint density at radius 3 is 2.89 bits per heavy atom. The van der Waals surface area contributed by atoms with E-state index in [1.54, 1.807) is 13.0 Å². The first-order chi connectivity index (χ1) is 13.6. The number of ether oxygens (including phenoxy) is 1. The number of nitrogens with one attached hydrogen (secondary N) is 1. The van der Waals surface area contributed by atoms with Gasteiger partial charge in [0.25, 0.3) is 5.56 Å². The van der Waals surface area contributed by atoms with E-state index in [2.05, 4.69) is 15.3 Å². The molecule has 0 radical (unpaired) electrons. The summed E-state index contributed by atoms with van der Waals surface area (Å²) in [4.78, 5) is 20.9. The third-order valence-corrected chi connectivity index (χ3v) is 4.74. The Labute approximate surface area is 159 Å². The standard InChI is InChI=1S/C20H18F2N4O2/c1-2-26-19(27)15(12-7-13(21)9-23-8-12)10-24-20(26)25-11-16-14-5-6-28-18(14)4-3-17(16)22/h3-4,7-10H,2,5-6,11H2,1H3,(H,24,25). The van der Waals surface area contributed by atoms with Gasteiger partial charge in [-0.15, -0.1) is 0 Å². The fraction of sp³-hybridized carbons (Fsp3) is 0.250. The summed E-state index contributed by atoms with van der Waals surface area (Å²) >= 11 is 0. The molecule has 0 fully saturated rings. The maximum Gasteiger partial charge on any atom is 0.262 e. The summed E-state index contributed by atoms with van der Waals surface area (Å²) in [5.74, 6) is 0.145. The van der Waals surface area contributed by atoms with E-state index < -0.39 is 5.82 Å². The molecule has 0 atom stereocenters. The molecule has 0 amide bonds. The van der Waals surface area contributed by atoms with Crippen LogP contribution in [0.15, 0.2) is 41.6 Å². The molecule has 1 aliphatic heterocycles. The van der Waals surface area contributed by atoms with E-state index in [0.29, 0.717) is 42.4 Å². The summed E-state index contributed by atoms with van der Waals surface area (Å²) in [5, 5.41) is 3.05. The topological polar surface area (TPSA) is 69.0 Å². The van der Waals surface area contributed by atoms with Gasteiger partial charge in [0, 0.05) is 48.6 Å². The van der Waals surface area contributed by atoms with Crippen LogP contribution in [0.25, 0.3) is 11.1 Å². The molecule has 3 heterocycles. The Morgan fingerprint density at radius 2 is 2.11 bits per heavy atom. The van der Waals surface area contributed by atoms with Crippen molar-refractivity contribution in [1.29, 1.82) is 0 Å². The van der Waals surface area contributed by atoms with Crippen molar-refractivity contribution in [3.05, 3.63) is 69.9 Å². The van der Waals surface area contributed by atoms with E-state index in [0.717, 1.165) is 11.8 Å². The van der Waals surface area contributed by atoms with Crippen molar-refractivity contribution >= 4 is 5.95 Å². The molecule has 0 unspecified atom stereocenters. The summed E-state index contributed by atoms with van der Waals surface area (Å²) in [5.41, 5.74) is 1.62. The van der Waals surface area contributed by atoms with Crippen LogP contribution in [0.2, 0.25) is 0 Å². The van der Waals surface area contributed by atoms with Crippen LogP contribution in [-0.4, -0.2) is 21.1 Å². The van der Waals surface area contributed by atoms with Gasteiger partial charge in [-0.2, -0.15) is 0 Å². The molecule has 0 saturated heterocycles. The molecular formula is C20H18F2N4O2. The lowest BCUT2D eigenvalue weighted by molar-refractivity contribution is 0.356. The molecule has 144 valence electrons. The number of fused-ring (bicyclic) bond motifs is 1. The van der Waals surface area contributed by atoms with Crippen LogP contribution in [-0.2, 0) is 19.5 Å². The molecule has 0 spiro atoms. The van der Waals surface area contributed by atoms with Gasteiger partial charge in [0.1, 0.15) is 17.4 Å². The van der Waals surface area contributed by atoms with E-state index in [-0.39, 0.29) is 23.5 Å². The average Bonchev–Trinajstić information content (AvgIpc) is 3.16. The van der Waals surface area contributed by atoms with Gasteiger partial charge in [-0.1, -0.05) is 0 Å². The molecule has 0 aliphatic carbocycles. The first-order valence-corrected chi connectivity index (χ1v) is 8.96. The first kappa shape index (κ1) is 18.1. The molecule has 1 N–H and O–H groups in total. The first-order valence-electron chi connectivity index (χ1n) is 8.96. The summed E-state index contributed by atoms with van der Waals surface area (Å²) in [7, 11) is 0. The third-order valence-electron chi connectivity index (χ3n) is 4.74. The number of hydrogen-bond acceptors (Lipinski definition) is 5. The lowest BCUT2D eigenvalue weighted by Crippen LogP contribution is -2.25. The molecule has 0 bridgehead atoms. The van der Waals surface area contributed by atoms with E-state index in [4.69, 9.17) is 4.74 Å². The molecular weight excluding hydrogens is 366 g/mol. The molecule has 6 nitrogen and oxygen atoms in total. The lowest BCUT2D eigenvalue weighted by atomic mass is 10.0. The molecule has 3 aromatic rings. The van der Waals surface area contributed by atoms with Crippen molar-refractivity contribution in [2.24, 2.45) is 0 Å². The van der Waals surface area contributed by atoms with Gasteiger partial charge in [-0.05, 0) is 25.1 Å². The van der Waals surface area contributed by atoms with Crippen LogP contribution in [0.3, 0.4) is 0 Å². The smallest absolute Gasteiger partial charge is 0.262 e. The lowest BCUT2D eigenvalue weighted by Gasteiger charge is -2.15. The molecule has 28 heavy (non-hydrogen) atoms. The predicted molar refractivity (Wildman–Crippen MR) is 100 cm³/mol. The highest BCUT2D eigenvalue weighted by molar-refractivity contribution is 5.61. The van der Waals surface area contributed by atoms with Gasteiger partial charge in [-0.25, -0.2) is 13.8 Å². The quantitative estimate of drug-likeness (QED) is 0.732. The van der Waals surface area contributed by atoms with Crippen LogP contribution < -0.4 is 15.6 Å². The Balaban J connectivity index is 1.66. The van der Waals surface area contributed by atoms with E-state index >= 15 is 0 Å². The number of pyridine rings is 1. The van der Waals surface area contributed by atoms with Crippen LogP contribution in [0.1, 0.15) is 18.1 Å². The predicted octanol–water partition coefficient (Wildman–Crippen LogP) is 3.15. The maximum absolute atomic E-state index is 14.3. The van der Waals surface area contributed by atoms with Crippen molar-refractivity contribution < 1.29 is 13.5 Å². The summed E-state index contributed by atoms with van der Waals surface area (Å²) in [6.07, 6.45) is 4.50. The molecule has 1 aliphatic rings. The Bertz CT molecular complexity index is 1100. The summed E-state index contributed by atoms with van der Waals surface area (Å²) in [6.45, 7) is 2.85. The average molecular weight is 384 g/mol. The van der Waals surface area contributed by atoms with Gasteiger partial charge >= 0.3 is 0 Å². The zero-order chi connectivity index (χ0) is 19.7. The highest BCUT2D eigenvalue weighted by atomic mass is 19.1. The molecule has 2 aromatic heterocycles. The van der Waals surface area contributed by atoms with E-state index in [1.165, 1.54) is 29.1 Å². The number of benzene rings is 1. The zero-order valence-corrected chi connectivity index (χ0v) is 15.2. The minimum absolute atomic E-state index is 0.172.